The number of nitrogens with one attached hydrogen (secondary N) is 1. The quantitative estimate of drug-likeness (QED) is 0.837. The molecule has 2 rings (SSSR count). The fourth-order valence-corrected chi connectivity index (χ4v) is 2.85. The highest BCUT2D eigenvalue weighted by atomic mass is 35.5. The van der Waals surface area contributed by atoms with E-state index in [4.69, 9.17) is 17.3 Å². The number of halogens is 1. The molecule has 0 aliphatic rings. The molecule has 0 radical (unpaired) electrons. The number of rotatable bonds is 4. The van der Waals surface area contributed by atoms with Crippen molar-refractivity contribution in [1.29, 1.82) is 0 Å². The third-order valence-corrected chi connectivity index (χ3v) is 4.02. The van der Waals surface area contributed by atoms with Gasteiger partial charge in [0.15, 0.2) is 5.16 Å². The van der Waals surface area contributed by atoms with E-state index >= 15 is 0 Å². The van der Waals surface area contributed by atoms with E-state index in [-0.39, 0.29) is 11.3 Å². The van der Waals surface area contributed by atoms with Crippen LogP contribution < -0.4 is 5.73 Å². The minimum atomic E-state index is -0.0370. The number of aromatic nitrogens is 3. The van der Waals surface area contributed by atoms with Crippen molar-refractivity contribution in [2.45, 2.75) is 23.4 Å². The molecule has 2 aromatic rings. The Morgan fingerprint density at radius 1 is 1.41 bits per heavy atom. The van der Waals surface area contributed by atoms with Crippen LogP contribution in [0.15, 0.2) is 35.7 Å². The van der Waals surface area contributed by atoms with Crippen LogP contribution in [0.4, 0.5) is 0 Å². The van der Waals surface area contributed by atoms with Crippen molar-refractivity contribution >= 4 is 23.4 Å². The Morgan fingerprint density at radius 2 is 2.18 bits per heavy atom. The molecule has 0 saturated heterocycles. The summed E-state index contributed by atoms with van der Waals surface area (Å²) < 4.78 is 0. The van der Waals surface area contributed by atoms with Crippen molar-refractivity contribution in [2.24, 2.45) is 5.73 Å². The number of hydrogen-bond acceptors (Lipinski definition) is 4. The number of hydrogen-bond donors (Lipinski definition) is 2. The number of aromatic amines is 1. The summed E-state index contributed by atoms with van der Waals surface area (Å²) in [7, 11) is 0. The zero-order valence-corrected chi connectivity index (χ0v) is 10.9. The summed E-state index contributed by atoms with van der Waals surface area (Å²) in [4.78, 5) is 4.09. The van der Waals surface area contributed by atoms with Gasteiger partial charge in [-0.25, -0.2) is 4.98 Å². The highest BCUT2D eigenvalue weighted by molar-refractivity contribution is 7.99. The van der Waals surface area contributed by atoms with Crippen LogP contribution >= 0.6 is 23.4 Å². The van der Waals surface area contributed by atoms with E-state index in [1.165, 1.54) is 18.1 Å². The predicted molar refractivity (Wildman–Crippen MR) is 70.1 cm³/mol. The first-order valence-corrected chi connectivity index (χ1v) is 6.46. The van der Waals surface area contributed by atoms with Gasteiger partial charge in [-0.05, 0) is 18.6 Å². The fourth-order valence-electron chi connectivity index (χ4n) is 1.53. The van der Waals surface area contributed by atoms with Crippen LogP contribution in [0.3, 0.4) is 0 Å². The van der Waals surface area contributed by atoms with E-state index in [0.717, 1.165) is 15.7 Å². The molecule has 0 saturated carbocycles. The van der Waals surface area contributed by atoms with Gasteiger partial charge in [0.25, 0.3) is 0 Å². The third kappa shape index (κ3) is 3.00. The first-order chi connectivity index (χ1) is 8.18. The van der Waals surface area contributed by atoms with Gasteiger partial charge in [0.05, 0.1) is 5.25 Å². The summed E-state index contributed by atoms with van der Waals surface area (Å²) in [5.74, 6) is 0. The van der Waals surface area contributed by atoms with E-state index in [1.807, 2.05) is 31.2 Å². The number of H-pyrrole nitrogens is 1. The Labute approximate surface area is 109 Å². The lowest BCUT2D eigenvalue weighted by atomic mass is 10.1. The molecule has 1 heterocycles. The van der Waals surface area contributed by atoms with Crippen LogP contribution in [-0.4, -0.2) is 21.2 Å². The second-order valence-electron chi connectivity index (χ2n) is 3.71. The summed E-state index contributed by atoms with van der Waals surface area (Å²) in [6.45, 7) is 1.96. The van der Waals surface area contributed by atoms with Gasteiger partial charge in [0.1, 0.15) is 6.33 Å². The summed E-state index contributed by atoms with van der Waals surface area (Å²) >= 11 is 7.72. The lowest BCUT2D eigenvalue weighted by Gasteiger charge is -2.20. The molecule has 1 aromatic carbocycles. The largest absolute Gasteiger partial charge is 0.327 e. The Kier molecular flexibility index (Phi) is 4.04. The molecule has 0 aliphatic carbocycles. The van der Waals surface area contributed by atoms with E-state index in [2.05, 4.69) is 15.2 Å². The van der Waals surface area contributed by atoms with E-state index in [0.29, 0.717) is 0 Å². The number of benzene rings is 1. The summed E-state index contributed by atoms with van der Waals surface area (Å²) in [6, 6.07) is 7.68. The molecule has 17 heavy (non-hydrogen) atoms. The van der Waals surface area contributed by atoms with Gasteiger partial charge in [-0.2, -0.15) is 5.10 Å². The van der Waals surface area contributed by atoms with Crippen molar-refractivity contribution in [1.82, 2.24) is 15.2 Å². The molecule has 3 N–H and O–H groups in total. The van der Waals surface area contributed by atoms with E-state index in [1.54, 1.807) is 0 Å². The molecular formula is C11H13ClN4S. The molecular weight excluding hydrogens is 256 g/mol. The number of nitrogens with two attached hydrogens (primary N) is 1. The van der Waals surface area contributed by atoms with Gasteiger partial charge in [0.2, 0.25) is 0 Å². The first kappa shape index (κ1) is 12.4. The van der Waals surface area contributed by atoms with Crippen LogP contribution in [0, 0.1) is 0 Å². The molecule has 2 unspecified atom stereocenters. The normalized spacial score (nSPS) is 14.5. The Morgan fingerprint density at radius 3 is 2.76 bits per heavy atom. The summed E-state index contributed by atoms with van der Waals surface area (Å²) in [6.07, 6.45) is 1.48. The van der Waals surface area contributed by atoms with E-state index < -0.39 is 0 Å². The molecule has 0 bridgehead atoms. The fraction of sp³-hybridized carbons (Fsp3) is 0.273. The zero-order chi connectivity index (χ0) is 12.3. The van der Waals surface area contributed by atoms with Gasteiger partial charge in [-0.1, -0.05) is 41.6 Å². The van der Waals surface area contributed by atoms with Gasteiger partial charge in [0, 0.05) is 11.1 Å². The Bertz CT molecular complexity index is 472. The van der Waals surface area contributed by atoms with Gasteiger partial charge >= 0.3 is 0 Å². The molecule has 6 heteroatoms. The zero-order valence-electron chi connectivity index (χ0n) is 9.30. The molecule has 0 aliphatic heterocycles. The number of thioether (sulfide) groups is 1. The van der Waals surface area contributed by atoms with Crippen LogP contribution in [0.5, 0.6) is 0 Å². The molecule has 4 nitrogen and oxygen atoms in total. The van der Waals surface area contributed by atoms with Crippen molar-refractivity contribution in [3.05, 3.63) is 41.2 Å². The minimum Gasteiger partial charge on any atom is -0.327 e. The maximum Gasteiger partial charge on any atom is 0.184 e. The third-order valence-electron chi connectivity index (χ3n) is 2.32. The maximum atomic E-state index is 6.19. The summed E-state index contributed by atoms with van der Waals surface area (Å²) in [5.41, 5.74) is 7.03. The van der Waals surface area contributed by atoms with Crippen molar-refractivity contribution in [3.63, 3.8) is 0 Å². The van der Waals surface area contributed by atoms with Crippen molar-refractivity contribution in [3.8, 4) is 0 Å². The lowest BCUT2D eigenvalue weighted by molar-refractivity contribution is 0.718. The summed E-state index contributed by atoms with van der Waals surface area (Å²) in [5, 5.41) is 8.15. The van der Waals surface area contributed by atoms with E-state index in [9.17, 15) is 0 Å². The predicted octanol–water partition coefficient (Wildman–Crippen LogP) is 2.64. The van der Waals surface area contributed by atoms with Crippen LogP contribution in [0.2, 0.25) is 5.02 Å². The second kappa shape index (κ2) is 5.53. The van der Waals surface area contributed by atoms with Crippen LogP contribution in [0.25, 0.3) is 0 Å². The monoisotopic (exact) mass is 268 g/mol. The first-order valence-electron chi connectivity index (χ1n) is 5.20. The van der Waals surface area contributed by atoms with Crippen LogP contribution in [-0.2, 0) is 0 Å². The van der Waals surface area contributed by atoms with Crippen molar-refractivity contribution < 1.29 is 0 Å². The smallest absolute Gasteiger partial charge is 0.184 e. The SMILES string of the molecule is CC(N)C(Sc1ncn[nH]1)c1ccccc1Cl. The molecule has 0 spiro atoms. The molecule has 2 atom stereocenters. The second-order valence-corrected chi connectivity index (χ2v) is 5.25. The maximum absolute atomic E-state index is 6.19. The minimum absolute atomic E-state index is 0.0370. The molecule has 0 amide bonds. The Balaban J connectivity index is 2.27. The lowest BCUT2D eigenvalue weighted by Crippen LogP contribution is -2.22. The Hall–Kier alpha value is -1.04. The standard InChI is InChI=1S/C11H13ClN4S/c1-7(13)10(17-11-14-6-15-16-11)8-4-2-3-5-9(8)12/h2-7,10H,13H2,1H3,(H,14,15,16). The molecule has 1 aromatic heterocycles. The van der Waals surface area contributed by atoms with Crippen LogP contribution in [0.1, 0.15) is 17.7 Å². The number of nitrogens with zero attached hydrogens (tertiary/aromatic N) is 2. The highest BCUT2D eigenvalue weighted by Gasteiger charge is 2.21. The van der Waals surface area contributed by atoms with Gasteiger partial charge < -0.3 is 5.73 Å². The van der Waals surface area contributed by atoms with Gasteiger partial charge in [-0.3, -0.25) is 5.10 Å². The highest BCUT2D eigenvalue weighted by Crippen LogP contribution is 2.38. The molecule has 0 fully saturated rings. The molecule has 90 valence electrons. The average Bonchev–Trinajstić information content (AvgIpc) is 2.79. The van der Waals surface area contributed by atoms with Gasteiger partial charge in [-0.15, -0.1) is 0 Å². The topological polar surface area (TPSA) is 67.6 Å². The van der Waals surface area contributed by atoms with Crippen molar-refractivity contribution in [2.75, 3.05) is 0 Å². The average molecular weight is 269 g/mol.